The fourth-order valence-corrected chi connectivity index (χ4v) is 4.44. The molecule has 0 unspecified atom stereocenters. The molecule has 1 aliphatic rings. The Morgan fingerprint density at radius 2 is 1.72 bits per heavy atom. The van der Waals surface area contributed by atoms with Gasteiger partial charge in [-0.25, -0.2) is 4.90 Å². The van der Waals surface area contributed by atoms with Crippen molar-refractivity contribution in [3.8, 4) is 0 Å². The van der Waals surface area contributed by atoms with E-state index < -0.39 is 0 Å². The molecule has 0 atom stereocenters. The second kappa shape index (κ2) is 7.85. The maximum Gasteiger partial charge on any atom is 0.282 e. The average Bonchev–Trinajstić information content (AvgIpc) is 3.31. The summed E-state index contributed by atoms with van der Waals surface area (Å²) in [5.41, 5.74) is 3.12. The van der Waals surface area contributed by atoms with Crippen LogP contribution in [-0.2, 0) is 16.1 Å². The number of anilines is 1. The summed E-state index contributed by atoms with van der Waals surface area (Å²) in [7, 11) is 1.84. The van der Waals surface area contributed by atoms with Crippen LogP contribution in [0.1, 0.15) is 16.0 Å². The van der Waals surface area contributed by atoms with Crippen molar-refractivity contribution >= 4 is 46.0 Å². The molecule has 3 aromatic rings. The monoisotopic (exact) mass is 422 g/mol. The van der Waals surface area contributed by atoms with Gasteiger partial charge in [0.05, 0.1) is 11.3 Å². The van der Waals surface area contributed by atoms with Gasteiger partial charge < -0.3 is 4.90 Å². The van der Waals surface area contributed by atoms with Crippen molar-refractivity contribution in [2.45, 2.75) is 13.5 Å². The Bertz CT molecular complexity index is 1110. The molecule has 1 aromatic heterocycles. The van der Waals surface area contributed by atoms with Crippen LogP contribution in [0, 0.1) is 6.92 Å². The van der Waals surface area contributed by atoms with Crippen molar-refractivity contribution < 1.29 is 9.59 Å². The number of likely N-dealkylation sites (N-methyl/N-ethyl adjacent to an activating group) is 1. The maximum absolute atomic E-state index is 13.5. The lowest BCUT2D eigenvalue weighted by Gasteiger charge is -2.22. The topological polar surface area (TPSA) is 40.6 Å². The highest BCUT2D eigenvalue weighted by Gasteiger charge is 2.42. The summed E-state index contributed by atoms with van der Waals surface area (Å²) in [5.74, 6) is -0.653. The fourth-order valence-electron chi connectivity index (χ4n) is 3.51. The Morgan fingerprint density at radius 3 is 2.41 bits per heavy atom. The number of amides is 2. The molecule has 4 nitrogen and oxygen atoms in total. The molecule has 1 aliphatic heterocycles. The van der Waals surface area contributed by atoms with Gasteiger partial charge in [-0.15, -0.1) is 11.3 Å². The molecule has 0 aliphatic carbocycles. The van der Waals surface area contributed by atoms with E-state index in [0.717, 1.165) is 10.4 Å². The van der Waals surface area contributed by atoms with Gasteiger partial charge in [0.2, 0.25) is 0 Å². The number of rotatable bonds is 5. The highest BCUT2D eigenvalue weighted by Crippen LogP contribution is 2.38. The molecular weight excluding hydrogens is 404 g/mol. The van der Waals surface area contributed by atoms with Crippen LogP contribution in [0.15, 0.2) is 71.7 Å². The van der Waals surface area contributed by atoms with Gasteiger partial charge in [-0.05, 0) is 41.6 Å². The molecule has 0 saturated carbocycles. The first-order valence-corrected chi connectivity index (χ1v) is 10.4. The Hall–Kier alpha value is -2.89. The summed E-state index contributed by atoms with van der Waals surface area (Å²) in [5, 5.41) is 2.43. The largest absolute Gasteiger partial charge is 0.365 e. The molecule has 0 saturated heterocycles. The second-order valence-electron chi connectivity index (χ2n) is 6.87. The summed E-state index contributed by atoms with van der Waals surface area (Å²) in [4.78, 5) is 30.8. The highest BCUT2D eigenvalue weighted by molar-refractivity contribution is 7.11. The number of halogens is 1. The third-order valence-electron chi connectivity index (χ3n) is 4.95. The zero-order valence-electron chi connectivity index (χ0n) is 16.1. The lowest BCUT2D eigenvalue weighted by Crippen LogP contribution is -2.34. The standard InChI is InChI=1S/C23H19ClN2O2S/c1-15-17(24)10-6-11-18(15)26-22(27)20(19-12-7-13-29-19)21(23(26)28)25(2)14-16-8-4-3-5-9-16/h3-13H,14H2,1-2H3. The zero-order chi connectivity index (χ0) is 20.5. The number of thiophene rings is 1. The minimum absolute atomic E-state index is 0.322. The number of imide groups is 1. The molecule has 6 heteroatoms. The molecule has 2 amide bonds. The lowest BCUT2D eigenvalue weighted by molar-refractivity contribution is -0.120. The van der Waals surface area contributed by atoms with Crippen LogP contribution in [0.3, 0.4) is 0 Å². The second-order valence-corrected chi connectivity index (χ2v) is 8.23. The Morgan fingerprint density at radius 1 is 0.966 bits per heavy atom. The predicted molar refractivity (Wildman–Crippen MR) is 118 cm³/mol. The Kier molecular flexibility index (Phi) is 5.26. The summed E-state index contributed by atoms with van der Waals surface area (Å²) in [6, 6.07) is 18.9. The predicted octanol–water partition coefficient (Wildman–Crippen LogP) is 5.13. The van der Waals surface area contributed by atoms with Gasteiger partial charge in [0.25, 0.3) is 11.8 Å². The summed E-state index contributed by atoms with van der Waals surface area (Å²) in [6.45, 7) is 2.33. The summed E-state index contributed by atoms with van der Waals surface area (Å²) >= 11 is 7.71. The number of carbonyl (C=O) groups is 2. The van der Waals surface area contributed by atoms with Gasteiger partial charge >= 0.3 is 0 Å². The van der Waals surface area contributed by atoms with Gasteiger partial charge in [0.15, 0.2) is 0 Å². The van der Waals surface area contributed by atoms with Gasteiger partial charge in [-0.3, -0.25) is 9.59 Å². The minimum Gasteiger partial charge on any atom is -0.365 e. The van der Waals surface area contributed by atoms with Gasteiger partial charge in [-0.2, -0.15) is 0 Å². The maximum atomic E-state index is 13.5. The van der Waals surface area contributed by atoms with Crippen molar-refractivity contribution in [3.63, 3.8) is 0 Å². The van der Waals surface area contributed by atoms with Gasteiger partial charge in [0.1, 0.15) is 5.70 Å². The van der Waals surface area contributed by atoms with Crippen LogP contribution in [0.25, 0.3) is 5.57 Å². The van der Waals surface area contributed by atoms with E-state index in [1.807, 2.05) is 66.7 Å². The molecule has 2 aromatic carbocycles. The average molecular weight is 423 g/mol. The van der Waals surface area contributed by atoms with E-state index in [-0.39, 0.29) is 11.8 Å². The van der Waals surface area contributed by atoms with E-state index in [1.165, 1.54) is 16.2 Å². The van der Waals surface area contributed by atoms with Crippen LogP contribution in [0.5, 0.6) is 0 Å². The van der Waals surface area contributed by atoms with Gasteiger partial charge in [0, 0.05) is 23.5 Å². The van der Waals surface area contributed by atoms with Crippen molar-refractivity contribution in [1.82, 2.24) is 4.90 Å². The van der Waals surface area contributed by atoms with Crippen molar-refractivity contribution in [2.24, 2.45) is 0 Å². The molecule has 2 heterocycles. The molecule has 29 heavy (non-hydrogen) atoms. The van der Waals surface area contributed by atoms with E-state index in [9.17, 15) is 9.59 Å². The third-order valence-corrected chi connectivity index (χ3v) is 6.25. The van der Waals surface area contributed by atoms with E-state index in [4.69, 9.17) is 11.6 Å². The van der Waals surface area contributed by atoms with Crippen LogP contribution in [0.4, 0.5) is 5.69 Å². The molecule has 146 valence electrons. The first kappa shape index (κ1) is 19.4. The van der Waals surface area contributed by atoms with Crippen LogP contribution >= 0.6 is 22.9 Å². The SMILES string of the molecule is Cc1c(Cl)cccc1N1C(=O)C(c2cccs2)=C(N(C)Cc2ccccc2)C1=O. The minimum atomic E-state index is -0.331. The van der Waals surface area contributed by atoms with E-state index in [2.05, 4.69) is 0 Å². The smallest absolute Gasteiger partial charge is 0.282 e. The molecule has 0 fully saturated rings. The van der Waals surface area contributed by atoms with Crippen LogP contribution in [0.2, 0.25) is 5.02 Å². The zero-order valence-corrected chi connectivity index (χ0v) is 17.6. The third kappa shape index (κ3) is 3.48. The normalized spacial score (nSPS) is 14.1. The van der Waals surface area contributed by atoms with Crippen molar-refractivity contribution in [2.75, 3.05) is 11.9 Å². The lowest BCUT2D eigenvalue weighted by atomic mass is 10.1. The molecule has 0 radical (unpaired) electrons. The molecule has 4 rings (SSSR count). The number of benzene rings is 2. The van der Waals surface area contributed by atoms with Crippen LogP contribution in [-0.4, -0.2) is 23.8 Å². The molecule has 0 spiro atoms. The highest BCUT2D eigenvalue weighted by atomic mass is 35.5. The summed E-state index contributed by atoms with van der Waals surface area (Å²) < 4.78 is 0. The number of carbonyl (C=O) groups excluding carboxylic acids is 2. The molecular formula is C23H19ClN2O2S. The Balaban J connectivity index is 1.80. The Labute approximate surface area is 178 Å². The first-order valence-electron chi connectivity index (χ1n) is 9.16. The van der Waals surface area contributed by atoms with Crippen molar-refractivity contribution in [3.05, 3.63) is 92.8 Å². The summed E-state index contributed by atoms with van der Waals surface area (Å²) in [6.07, 6.45) is 0. The van der Waals surface area contributed by atoms with E-state index in [0.29, 0.717) is 34.1 Å². The molecule has 0 N–H and O–H groups in total. The fraction of sp³-hybridized carbons (Fsp3) is 0.130. The van der Waals surface area contributed by atoms with Crippen LogP contribution < -0.4 is 4.90 Å². The number of hydrogen-bond donors (Lipinski definition) is 0. The number of nitrogens with zero attached hydrogens (tertiary/aromatic N) is 2. The quantitative estimate of drug-likeness (QED) is 0.535. The molecule has 0 bridgehead atoms. The van der Waals surface area contributed by atoms with Crippen molar-refractivity contribution in [1.29, 1.82) is 0 Å². The van der Waals surface area contributed by atoms with E-state index >= 15 is 0 Å². The van der Waals surface area contributed by atoms with E-state index in [1.54, 1.807) is 18.2 Å². The first-order chi connectivity index (χ1) is 14.0. The number of hydrogen-bond acceptors (Lipinski definition) is 4. The van der Waals surface area contributed by atoms with Gasteiger partial charge in [-0.1, -0.05) is 54.1 Å².